The molecule has 0 unspecified atom stereocenters. The summed E-state index contributed by atoms with van der Waals surface area (Å²) in [5, 5.41) is 15.5. The highest BCUT2D eigenvalue weighted by Gasteiger charge is 2.18. The molecule has 1 amide bonds. The van der Waals surface area contributed by atoms with Crippen LogP contribution in [-0.4, -0.2) is 30.8 Å². The molecule has 1 aliphatic heterocycles. The zero-order valence-electron chi connectivity index (χ0n) is 15.0. The fraction of sp³-hybridized carbons (Fsp3) is 0.150. The predicted octanol–water partition coefficient (Wildman–Crippen LogP) is 2.96. The number of nitrogens with zero attached hydrogens (tertiary/aromatic N) is 2. The van der Waals surface area contributed by atoms with Gasteiger partial charge in [-0.05, 0) is 24.3 Å². The summed E-state index contributed by atoms with van der Waals surface area (Å²) < 4.78 is 37.9. The fourth-order valence-corrected chi connectivity index (χ4v) is 2.94. The number of benzene rings is 2. The Kier molecular flexibility index (Phi) is 4.83. The van der Waals surface area contributed by atoms with Crippen LogP contribution in [0.3, 0.4) is 0 Å². The van der Waals surface area contributed by atoms with E-state index >= 15 is 0 Å². The summed E-state index contributed by atoms with van der Waals surface area (Å²) in [6.07, 6.45) is 0. The highest BCUT2D eigenvalue weighted by atomic mass is 19.1. The van der Waals surface area contributed by atoms with E-state index < -0.39 is 23.1 Å². The van der Waals surface area contributed by atoms with Gasteiger partial charge in [-0.15, -0.1) is 0 Å². The van der Waals surface area contributed by atoms with Gasteiger partial charge in [0.2, 0.25) is 6.79 Å². The fourth-order valence-electron chi connectivity index (χ4n) is 2.94. The minimum atomic E-state index is -0.933. The molecule has 2 heterocycles. The van der Waals surface area contributed by atoms with E-state index in [4.69, 9.17) is 9.47 Å². The average molecular weight is 396 g/mol. The molecule has 0 saturated heterocycles. The number of anilines is 1. The third-order valence-corrected chi connectivity index (χ3v) is 4.32. The lowest BCUT2D eigenvalue weighted by Gasteiger charge is -2.11. The zero-order valence-corrected chi connectivity index (χ0v) is 15.0. The summed E-state index contributed by atoms with van der Waals surface area (Å²) in [5.41, 5.74) is 0.279. The molecule has 146 valence electrons. The van der Waals surface area contributed by atoms with Crippen LogP contribution in [0.4, 0.5) is 14.6 Å². The average Bonchev–Trinajstić information content (AvgIpc) is 3.16. The summed E-state index contributed by atoms with van der Waals surface area (Å²) in [7, 11) is 0. The maximum absolute atomic E-state index is 13.6. The van der Waals surface area contributed by atoms with Gasteiger partial charge in [-0.25, -0.2) is 13.8 Å². The Hall–Kier alpha value is -3.93. The molecular formula is C20H14F2N4O3. The first kappa shape index (κ1) is 18.4. The molecule has 1 aromatic heterocycles. The number of hydrogen-bond acceptors (Lipinski definition) is 6. The van der Waals surface area contributed by atoms with E-state index in [0.717, 1.165) is 17.5 Å². The van der Waals surface area contributed by atoms with Gasteiger partial charge in [0, 0.05) is 24.5 Å². The van der Waals surface area contributed by atoms with Crippen molar-refractivity contribution in [2.24, 2.45) is 0 Å². The van der Waals surface area contributed by atoms with Crippen molar-refractivity contribution in [3.63, 3.8) is 0 Å². The van der Waals surface area contributed by atoms with Gasteiger partial charge in [0.15, 0.2) is 11.5 Å². The second-order valence-electron chi connectivity index (χ2n) is 6.17. The maximum atomic E-state index is 13.6. The van der Waals surface area contributed by atoms with E-state index in [1.165, 1.54) is 6.07 Å². The second-order valence-corrected chi connectivity index (χ2v) is 6.17. The van der Waals surface area contributed by atoms with E-state index in [9.17, 15) is 18.8 Å². The van der Waals surface area contributed by atoms with Crippen LogP contribution in [0.15, 0.2) is 36.4 Å². The molecule has 4 rings (SSSR count). The number of carbonyl (C=O) groups excluding carboxylic acids is 1. The van der Waals surface area contributed by atoms with Crippen molar-refractivity contribution in [1.29, 1.82) is 5.26 Å². The van der Waals surface area contributed by atoms with Crippen molar-refractivity contribution in [2.75, 3.05) is 25.2 Å². The molecule has 0 aliphatic carbocycles. The van der Waals surface area contributed by atoms with Gasteiger partial charge < -0.3 is 20.1 Å². The molecule has 9 heteroatoms. The van der Waals surface area contributed by atoms with Crippen molar-refractivity contribution >= 4 is 22.6 Å². The van der Waals surface area contributed by atoms with Gasteiger partial charge in [-0.3, -0.25) is 4.79 Å². The molecule has 1 aliphatic rings. The summed E-state index contributed by atoms with van der Waals surface area (Å²) in [6.45, 7) is 0.391. The van der Waals surface area contributed by atoms with Crippen LogP contribution in [0, 0.1) is 23.0 Å². The molecular weight excluding hydrogens is 382 g/mol. The van der Waals surface area contributed by atoms with Crippen LogP contribution < -0.4 is 20.1 Å². The molecule has 7 nitrogen and oxygen atoms in total. The van der Waals surface area contributed by atoms with Crippen LogP contribution in [0.5, 0.6) is 11.5 Å². The summed E-state index contributed by atoms with van der Waals surface area (Å²) >= 11 is 0. The smallest absolute Gasteiger partial charge is 0.257 e. The molecule has 0 bridgehead atoms. The largest absolute Gasteiger partial charge is 0.454 e. The quantitative estimate of drug-likeness (QED) is 0.644. The third kappa shape index (κ3) is 3.60. The standard InChI is InChI=1S/C20H14F2N4O3/c21-13-2-1-3-14(22)18(13)20(27)25-5-4-24-19-12(9-23)6-11-7-16-17(29-10-28-16)8-15(11)26-19/h1-3,6-8H,4-5,10H2,(H,24,26)(H,25,27). The van der Waals surface area contributed by atoms with Crippen molar-refractivity contribution in [2.45, 2.75) is 0 Å². The van der Waals surface area contributed by atoms with E-state index in [0.29, 0.717) is 28.4 Å². The molecule has 3 aromatic rings. The third-order valence-electron chi connectivity index (χ3n) is 4.32. The van der Waals surface area contributed by atoms with Gasteiger partial charge in [-0.1, -0.05) is 6.07 Å². The Bertz CT molecular complexity index is 1140. The van der Waals surface area contributed by atoms with Crippen molar-refractivity contribution in [1.82, 2.24) is 10.3 Å². The Labute approximate surface area is 163 Å². The topological polar surface area (TPSA) is 96.3 Å². The Morgan fingerprint density at radius 3 is 2.59 bits per heavy atom. The van der Waals surface area contributed by atoms with Gasteiger partial charge >= 0.3 is 0 Å². The molecule has 0 radical (unpaired) electrons. The number of aromatic nitrogens is 1. The number of rotatable bonds is 5. The predicted molar refractivity (Wildman–Crippen MR) is 99.8 cm³/mol. The number of ether oxygens (including phenoxy) is 2. The molecule has 0 atom stereocenters. The SMILES string of the molecule is N#Cc1cc2cc3c(cc2nc1NCCNC(=O)c1c(F)cccc1F)OCO3. The van der Waals surface area contributed by atoms with Crippen molar-refractivity contribution < 1.29 is 23.0 Å². The Morgan fingerprint density at radius 2 is 1.86 bits per heavy atom. The first-order chi connectivity index (χ1) is 14.1. The summed E-state index contributed by atoms with van der Waals surface area (Å²) in [4.78, 5) is 16.4. The van der Waals surface area contributed by atoms with Crippen molar-refractivity contribution in [3.05, 3.63) is 59.2 Å². The number of amides is 1. The van der Waals surface area contributed by atoms with E-state index in [2.05, 4.69) is 21.7 Å². The molecule has 2 aromatic carbocycles. The number of carbonyl (C=O) groups is 1. The van der Waals surface area contributed by atoms with Gasteiger partial charge in [-0.2, -0.15) is 5.26 Å². The van der Waals surface area contributed by atoms with E-state index in [1.54, 1.807) is 18.2 Å². The van der Waals surface area contributed by atoms with Crippen LogP contribution in [0.1, 0.15) is 15.9 Å². The number of halogens is 2. The summed E-state index contributed by atoms with van der Waals surface area (Å²) in [5.74, 6) is -1.24. The van der Waals surface area contributed by atoms with E-state index in [1.807, 2.05) is 0 Å². The highest BCUT2D eigenvalue weighted by molar-refractivity contribution is 5.94. The number of hydrogen-bond donors (Lipinski definition) is 2. The molecule has 0 saturated carbocycles. The molecule has 0 fully saturated rings. The monoisotopic (exact) mass is 396 g/mol. The maximum Gasteiger partial charge on any atom is 0.257 e. The lowest BCUT2D eigenvalue weighted by Crippen LogP contribution is -2.30. The van der Waals surface area contributed by atoms with Gasteiger partial charge in [0.1, 0.15) is 29.1 Å². The number of nitriles is 1. The van der Waals surface area contributed by atoms with Gasteiger partial charge in [0.25, 0.3) is 5.91 Å². The Balaban J connectivity index is 1.45. The first-order valence-electron chi connectivity index (χ1n) is 8.67. The lowest BCUT2D eigenvalue weighted by atomic mass is 10.1. The number of pyridine rings is 1. The highest BCUT2D eigenvalue weighted by Crippen LogP contribution is 2.36. The normalized spacial score (nSPS) is 11.9. The number of nitrogens with one attached hydrogen (secondary N) is 2. The minimum Gasteiger partial charge on any atom is -0.454 e. The van der Waals surface area contributed by atoms with Crippen LogP contribution in [0.2, 0.25) is 0 Å². The summed E-state index contributed by atoms with van der Waals surface area (Å²) in [6, 6.07) is 10.4. The molecule has 0 spiro atoms. The number of fused-ring (bicyclic) bond motifs is 2. The molecule has 29 heavy (non-hydrogen) atoms. The van der Waals surface area contributed by atoms with Gasteiger partial charge in [0.05, 0.1) is 11.1 Å². The van der Waals surface area contributed by atoms with Crippen LogP contribution in [-0.2, 0) is 0 Å². The zero-order chi connectivity index (χ0) is 20.4. The minimum absolute atomic E-state index is 0.0678. The molecule has 2 N–H and O–H groups in total. The Morgan fingerprint density at radius 1 is 1.14 bits per heavy atom. The van der Waals surface area contributed by atoms with E-state index in [-0.39, 0.29) is 19.9 Å². The second kappa shape index (κ2) is 7.59. The van der Waals surface area contributed by atoms with Crippen molar-refractivity contribution in [3.8, 4) is 17.6 Å². The first-order valence-corrected chi connectivity index (χ1v) is 8.67. The lowest BCUT2D eigenvalue weighted by molar-refractivity contribution is 0.0946. The van der Waals surface area contributed by atoms with Crippen LogP contribution >= 0.6 is 0 Å². The van der Waals surface area contributed by atoms with Crippen LogP contribution in [0.25, 0.3) is 10.9 Å².